The second-order valence-corrected chi connectivity index (χ2v) is 1.34. The molecule has 0 amide bonds. The van der Waals surface area contributed by atoms with Crippen LogP contribution in [0.1, 0.15) is 0 Å². The van der Waals surface area contributed by atoms with Gasteiger partial charge in [-0.05, 0) is 0 Å². The molecule has 0 radical (unpaired) electrons. The molecule has 0 aromatic heterocycles. The van der Waals surface area contributed by atoms with Gasteiger partial charge in [0.25, 0.3) is 0 Å². The van der Waals surface area contributed by atoms with Gasteiger partial charge in [-0.3, -0.25) is 0 Å². The van der Waals surface area contributed by atoms with Crippen molar-refractivity contribution in [1.82, 2.24) is 0 Å². The van der Waals surface area contributed by atoms with Crippen LogP contribution in [-0.2, 0) is 0 Å². The van der Waals surface area contributed by atoms with Crippen LogP contribution in [0.5, 0.6) is 0 Å². The van der Waals surface area contributed by atoms with E-state index in [9.17, 15) is 0 Å². The third-order valence-electron chi connectivity index (χ3n) is 0. The Kier molecular flexibility index (Phi) is 250. The molecule has 192 valence electrons. The fourth-order valence-electron chi connectivity index (χ4n) is 0. The minimum atomic E-state index is -1.75. The van der Waals surface area contributed by atoms with Crippen molar-refractivity contribution in [3.8, 4) is 0 Å². The molecule has 0 saturated carbocycles. The first-order valence-corrected chi connectivity index (χ1v) is 3.29. The van der Waals surface area contributed by atoms with Crippen LogP contribution >= 0.6 is 0 Å². The Bertz CT molecular complexity index is 259. The Morgan fingerprint density at radius 3 is 0.258 bits per heavy atom. The number of rotatable bonds is 0. The molecule has 0 fully saturated rings. The van der Waals surface area contributed by atoms with Gasteiger partial charge in [0.15, 0.2) is 0 Å². The first-order valence-electron chi connectivity index (χ1n) is 3.29. The van der Waals surface area contributed by atoms with E-state index in [2.05, 4.69) is 0 Å². The zero-order valence-electron chi connectivity index (χ0n) is 13.4. The fraction of sp³-hybridized carbons (Fsp3) is 0. The maximum absolute atomic E-state index is 8.25. The van der Waals surface area contributed by atoms with Crippen molar-refractivity contribution in [2.24, 2.45) is 0 Å². The standard InChI is InChI=1S/6NO3.6H2O.Pu/c6*2-1(3)4;;;;;;;/h;;;;;;6*1H2;/q6*-1;;;;;;;+6. The monoisotopic (exact) mass is 718 g/mol. The molecule has 30 nitrogen and oxygen atoms in total. The maximum atomic E-state index is 8.25. The van der Waals surface area contributed by atoms with Crippen molar-refractivity contribution in [2.75, 3.05) is 0 Å². The molecule has 12 N–H and O–H groups in total. The minimum absolute atomic E-state index is 0. The SMILES string of the molecule is O.O.O.O.O.O.O=[N+]([O-])[O-].O=[N+]([O-])[O-].O=[N+]([O-])[O-].O=[N+]([O-])[O-].O=[N+]([O-])[O-].O=[N+]([O-])[O-].[Pu+6]. The predicted octanol–water partition coefficient (Wildman–Crippen LogP) is -6.38. The average molecular weight is 724 g/mol. The maximum Gasteiger partial charge on any atom is 6.00 e. The van der Waals surface area contributed by atoms with Crippen LogP contribution in [0, 0.1) is 121 Å². The van der Waals surface area contributed by atoms with E-state index in [0.717, 1.165) is 0 Å². The summed E-state index contributed by atoms with van der Waals surface area (Å²) in [5, 5.41) is 88.5. The molecule has 0 aromatic carbocycles. The van der Waals surface area contributed by atoms with Gasteiger partial charge in [0.05, 0.1) is 30.5 Å². The Morgan fingerprint density at radius 1 is 0.258 bits per heavy atom. The van der Waals surface area contributed by atoms with Crippen LogP contribution in [0.15, 0.2) is 0 Å². The van der Waals surface area contributed by atoms with E-state index in [-0.39, 0.29) is 62.0 Å². The van der Waals surface area contributed by atoms with Crippen LogP contribution in [0.4, 0.5) is 0 Å². The second-order valence-electron chi connectivity index (χ2n) is 1.34. The molecule has 0 aliphatic rings. The summed E-state index contributed by atoms with van der Waals surface area (Å²) in [5.74, 6) is 0. The van der Waals surface area contributed by atoms with Gasteiger partial charge in [0, 0.05) is 0 Å². The Morgan fingerprint density at radius 2 is 0.258 bits per heavy atom. The van der Waals surface area contributed by atoms with Crippen LogP contribution in [-0.4, -0.2) is 63.4 Å². The summed E-state index contributed by atoms with van der Waals surface area (Å²) < 4.78 is 0. The van der Waals surface area contributed by atoms with Gasteiger partial charge < -0.3 is 125 Å². The van der Waals surface area contributed by atoms with E-state index in [1.807, 2.05) is 0 Å². The largest absolute Gasteiger partial charge is 6.00 e. The van der Waals surface area contributed by atoms with E-state index < -0.39 is 30.5 Å². The summed E-state index contributed by atoms with van der Waals surface area (Å²) in [6.07, 6.45) is 0. The van der Waals surface area contributed by atoms with Gasteiger partial charge in [-0.15, -0.1) is 0 Å². The van der Waals surface area contributed by atoms with Crippen molar-refractivity contribution in [1.29, 1.82) is 0 Å². The summed E-state index contributed by atoms with van der Waals surface area (Å²) in [6, 6.07) is 0. The van der Waals surface area contributed by atoms with Crippen molar-refractivity contribution in [3.05, 3.63) is 91.9 Å². The molecule has 0 bridgehead atoms. The topological polar surface area (TPSA) is 586 Å². The van der Waals surface area contributed by atoms with E-state index in [1.165, 1.54) is 0 Å². The number of hydrogen-bond donors (Lipinski definition) is 0. The molecule has 31 heavy (non-hydrogen) atoms. The quantitative estimate of drug-likeness (QED) is 0.165. The molecule has 0 rings (SSSR count). The Labute approximate surface area is 185 Å². The van der Waals surface area contributed by atoms with Crippen molar-refractivity contribution in [3.63, 3.8) is 0 Å². The summed E-state index contributed by atoms with van der Waals surface area (Å²) >= 11 is 0. The van der Waals surface area contributed by atoms with Gasteiger partial charge in [0.2, 0.25) is 0 Å². The van der Waals surface area contributed by atoms with Crippen molar-refractivity contribution in [2.45, 2.75) is 0 Å². The summed E-state index contributed by atoms with van der Waals surface area (Å²) in [5.41, 5.74) is 0. The molecule has 0 heterocycles. The molecule has 0 atom stereocenters. The Hall–Kier alpha value is -4.05. The van der Waals surface area contributed by atoms with Gasteiger partial charge >= 0.3 is 29.2 Å². The van der Waals surface area contributed by atoms with E-state index in [1.54, 1.807) is 0 Å². The van der Waals surface area contributed by atoms with E-state index >= 15 is 0 Å². The van der Waals surface area contributed by atoms with Crippen LogP contribution in [0.2, 0.25) is 0 Å². The third kappa shape index (κ3) is 906. The second kappa shape index (κ2) is 83.0. The molecule has 0 unspecified atom stereocenters. The molecule has 0 saturated heterocycles. The van der Waals surface area contributed by atoms with Crippen LogP contribution in [0.3, 0.4) is 0 Å². The van der Waals surface area contributed by atoms with Gasteiger partial charge in [-0.25, -0.2) is 0 Å². The molecule has 0 aliphatic carbocycles. The van der Waals surface area contributed by atoms with Crippen molar-refractivity contribution < 1.29 is 92.6 Å². The predicted molar refractivity (Wildman–Crippen MR) is 83.9 cm³/mol. The minimum Gasteiger partial charge on any atom is -0.412 e. The number of hydrogen-bond acceptors (Lipinski definition) is 18. The smallest absolute Gasteiger partial charge is 0.412 e. The zero-order valence-corrected chi connectivity index (χ0v) is 16.8. The first-order chi connectivity index (χ1) is 10.4. The molecule has 0 aromatic rings. The van der Waals surface area contributed by atoms with E-state index in [4.69, 9.17) is 91.9 Å². The van der Waals surface area contributed by atoms with E-state index in [0.29, 0.717) is 0 Å². The van der Waals surface area contributed by atoms with Crippen LogP contribution in [0.25, 0.3) is 0 Å². The first kappa shape index (κ1) is 93.3. The summed E-state index contributed by atoms with van der Waals surface area (Å²) in [6.45, 7) is 0. The molecule has 0 spiro atoms. The van der Waals surface area contributed by atoms with Crippen molar-refractivity contribution >= 4 is 0 Å². The normalized spacial score (nSPS) is 4.65. The fourth-order valence-corrected chi connectivity index (χ4v) is 0. The number of nitrogens with zero attached hydrogens (tertiary/aromatic N) is 6. The molecule has 31 heteroatoms. The van der Waals surface area contributed by atoms with Gasteiger partial charge in [-0.1, -0.05) is 0 Å². The van der Waals surface area contributed by atoms with Crippen LogP contribution < -0.4 is 0 Å². The molecule has 0 aliphatic heterocycles. The average Bonchev–Trinajstić information content (AvgIpc) is 2.08. The molecular weight excluding hydrogens is 712 g/mol. The van der Waals surface area contributed by atoms with Gasteiger partial charge in [-0.2, -0.15) is 0 Å². The summed E-state index contributed by atoms with van der Waals surface area (Å²) in [7, 11) is 0. The summed E-state index contributed by atoms with van der Waals surface area (Å²) in [4.78, 5) is 49.5. The Balaban J connectivity index is -0.0000000109. The third-order valence-corrected chi connectivity index (χ3v) is 0. The molecular formula is H12N6O24Pu. The van der Waals surface area contributed by atoms with Gasteiger partial charge in [0.1, 0.15) is 0 Å². The zero-order chi connectivity index (χ0) is 21.5.